The van der Waals surface area contributed by atoms with Gasteiger partial charge in [0.1, 0.15) is 0 Å². The molecule has 0 radical (unpaired) electrons. The number of rotatable bonds is 2. The summed E-state index contributed by atoms with van der Waals surface area (Å²) < 4.78 is 0. The molecule has 3 heteroatoms. The van der Waals surface area contributed by atoms with Crippen molar-refractivity contribution >= 4 is 17.2 Å². The van der Waals surface area contributed by atoms with Crippen molar-refractivity contribution < 1.29 is 4.79 Å². The first-order chi connectivity index (χ1) is 7.65. The normalized spacial score (nSPS) is 25.8. The Kier molecular flexibility index (Phi) is 3.64. The molecule has 1 aliphatic heterocycles. The van der Waals surface area contributed by atoms with Gasteiger partial charge in [-0.3, -0.25) is 4.79 Å². The minimum Gasteiger partial charge on any atom is -0.342 e. The molecular weight excluding hydrogens is 218 g/mol. The van der Waals surface area contributed by atoms with E-state index in [4.69, 9.17) is 0 Å². The van der Waals surface area contributed by atoms with Gasteiger partial charge in [0.15, 0.2) is 0 Å². The number of thiophene rings is 1. The van der Waals surface area contributed by atoms with E-state index in [0.717, 1.165) is 13.1 Å². The van der Waals surface area contributed by atoms with E-state index >= 15 is 0 Å². The van der Waals surface area contributed by atoms with E-state index in [1.165, 1.54) is 11.3 Å². The quantitative estimate of drug-likeness (QED) is 0.774. The molecule has 1 fully saturated rings. The van der Waals surface area contributed by atoms with Gasteiger partial charge in [0.05, 0.1) is 6.42 Å². The number of hydrogen-bond donors (Lipinski definition) is 0. The van der Waals surface area contributed by atoms with Crippen molar-refractivity contribution in [2.75, 3.05) is 13.1 Å². The molecule has 0 saturated carbocycles. The number of hydrogen-bond acceptors (Lipinski definition) is 2. The molecule has 2 nitrogen and oxygen atoms in total. The minimum atomic E-state index is 0.292. The van der Waals surface area contributed by atoms with Crippen LogP contribution in [0.5, 0.6) is 0 Å². The average Bonchev–Trinajstić information content (AvgIpc) is 2.68. The zero-order valence-electron chi connectivity index (χ0n) is 9.98. The van der Waals surface area contributed by atoms with E-state index in [9.17, 15) is 4.79 Å². The number of carbonyl (C=O) groups excluding carboxylic acids is 1. The monoisotopic (exact) mass is 237 g/mol. The summed E-state index contributed by atoms with van der Waals surface area (Å²) in [6.07, 6.45) is 1.83. The third-order valence-electron chi connectivity index (χ3n) is 3.13. The van der Waals surface area contributed by atoms with Crippen LogP contribution in [0.15, 0.2) is 17.5 Å². The van der Waals surface area contributed by atoms with Crippen molar-refractivity contribution in [3.05, 3.63) is 22.4 Å². The zero-order chi connectivity index (χ0) is 11.5. The first-order valence-electron chi connectivity index (χ1n) is 5.95. The molecule has 1 aromatic heterocycles. The second-order valence-electron chi connectivity index (χ2n) is 5.00. The van der Waals surface area contributed by atoms with Gasteiger partial charge in [0.2, 0.25) is 5.91 Å². The topological polar surface area (TPSA) is 20.3 Å². The Hall–Kier alpha value is -0.830. The molecule has 1 aromatic rings. The molecule has 0 N–H and O–H groups in total. The Morgan fingerprint density at radius 2 is 2.12 bits per heavy atom. The molecule has 1 saturated heterocycles. The number of nitrogens with zero attached hydrogens (tertiary/aromatic N) is 1. The van der Waals surface area contributed by atoms with E-state index in [2.05, 4.69) is 13.8 Å². The van der Waals surface area contributed by atoms with Crippen LogP contribution in [0.1, 0.15) is 25.1 Å². The SMILES string of the molecule is C[C@H]1C[C@H](C)CN(C(=O)Cc2cccs2)C1. The molecule has 2 heterocycles. The second-order valence-corrected chi connectivity index (χ2v) is 6.03. The maximum Gasteiger partial charge on any atom is 0.227 e. The summed E-state index contributed by atoms with van der Waals surface area (Å²) in [5.41, 5.74) is 0. The van der Waals surface area contributed by atoms with Crippen molar-refractivity contribution in [2.45, 2.75) is 26.7 Å². The standard InChI is InChI=1S/C13H19NOS/c1-10-6-11(2)9-14(8-10)13(15)7-12-4-3-5-16-12/h3-5,10-11H,6-9H2,1-2H3/t10-,11-/m0/s1. The predicted octanol–water partition coefficient (Wildman–Crippen LogP) is 2.80. The van der Waals surface area contributed by atoms with E-state index < -0.39 is 0 Å². The van der Waals surface area contributed by atoms with Gasteiger partial charge >= 0.3 is 0 Å². The van der Waals surface area contributed by atoms with Gasteiger partial charge < -0.3 is 4.90 Å². The summed E-state index contributed by atoms with van der Waals surface area (Å²) in [5, 5.41) is 2.03. The molecular formula is C13H19NOS. The van der Waals surface area contributed by atoms with E-state index in [-0.39, 0.29) is 0 Å². The molecule has 0 aromatic carbocycles. The smallest absolute Gasteiger partial charge is 0.227 e. The molecule has 0 bridgehead atoms. The van der Waals surface area contributed by atoms with Gasteiger partial charge in [-0.25, -0.2) is 0 Å². The van der Waals surface area contributed by atoms with E-state index in [1.807, 2.05) is 22.4 Å². The fraction of sp³-hybridized carbons (Fsp3) is 0.615. The maximum atomic E-state index is 12.1. The van der Waals surface area contributed by atoms with E-state index in [1.54, 1.807) is 11.3 Å². The fourth-order valence-electron chi connectivity index (χ4n) is 2.54. The van der Waals surface area contributed by atoms with Crippen LogP contribution in [0.2, 0.25) is 0 Å². The molecule has 2 atom stereocenters. The highest BCUT2D eigenvalue weighted by Gasteiger charge is 2.25. The van der Waals surface area contributed by atoms with Gasteiger partial charge in [-0.1, -0.05) is 19.9 Å². The minimum absolute atomic E-state index is 0.292. The van der Waals surface area contributed by atoms with Crippen LogP contribution in [-0.2, 0) is 11.2 Å². The number of carbonyl (C=O) groups is 1. The Balaban J connectivity index is 1.94. The van der Waals surface area contributed by atoms with Crippen molar-refractivity contribution in [2.24, 2.45) is 11.8 Å². The second kappa shape index (κ2) is 5.00. The molecule has 0 aliphatic carbocycles. The molecule has 1 aliphatic rings. The van der Waals surface area contributed by atoms with Crippen molar-refractivity contribution in [1.82, 2.24) is 4.90 Å². The zero-order valence-corrected chi connectivity index (χ0v) is 10.8. The van der Waals surface area contributed by atoms with Crippen LogP contribution in [0.25, 0.3) is 0 Å². The van der Waals surface area contributed by atoms with Crippen LogP contribution < -0.4 is 0 Å². The lowest BCUT2D eigenvalue weighted by Gasteiger charge is -2.35. The summed E-state index contributed by atoms with van der Waals surface area (Å²) in [4.78, 5) is 15.3. The highest BCUT2D eigenvalue weighted by molar-refractivity contribution is 7.10. The van der Waals surface area contributed by atoms with Crippen molar-refractivity contribution in [3.8, 4) is 0 Å². The maximum absolute atomic E-state index is 12.1. The number of amides is 1. The van der Waals surface area contributed by atoms with Gasteiger partial charge in [0.25, 0.3) is 0 Å². The molecule has 2 rings (SSSR count). The molecule has 0 unspecified atom stereocenters. The third-order valence-corrected chi connectivity index (χ3v) is 4.00. The predicted molar refractivity (Wildman–Crippen MR) is 67.5 cm³/mol. The summed E-state index contributed by atoms with van der Waals surface area (Å²) in [6, 6.07) is 4.05. The summed E-state index contributed by atoms with van der Waals surface area (Å²) >= 11 is 1.67. The fourth-order valence-corrected chi connectivity index (χ4v) is 3.24. The van der Waals surface area contributed by atoms with Gasteiger partial charge in [-0.15, -0.1) is 11.3 Å². The van der Waals surface area contributed by atoms with Crippen LogP contribution in [0.3, 0.4) is 0 Å². The van der Waals surface area contributed by atoms with Crippen molar-refractivity contribution in [3.63, 3.8) is 0 Å². The van der Waals surface area contributed by atoms with Crippen molar-refractivity contribution in [1.29, 1.82) is 0 Å². The van der Waals surface area contributed by atoms with Gasteiger partial charge in [-0.05, 0) is 29.7 Å². The Bertz CT molecular complexity index is 337. The van der Waals surface area contributed by atoms with Crippen LogP contribution in [-0.4, -0.2) is 23.9 Å². The summed E-state index contributed by atoms with van der Waals surface area (Å²) in [5.74, 6) is 1.59. The molecule has 88 valence electrons. The third kappa shape index (κ3) is 2.85. The Labute approximate surface area is 101 Å². The first-order valence-corrected chi connectivity index (χ1v) is 6.83. The molecule has 0 spiro atoms. The summed E-state index contributed by atoms with van der Waals surface area (Å²) in [7, 11) is 0. The Morgan fingerprint density at radius 1 is 1.44 bits per heavy atom. The van der Waals surface area contributed by atoms with Crippen LogP contribution >= 0.6 is 11.3 Å². The average molecular weight is 237 g/mol. The highest BCUT2D eigenvalue weighted by atomic mass is 32.1. The molecule has 1 amide bonds. The Morgan fingerprint density at radius 3 is 2.69 bits per heavy atom. The molecule has 16 heavy (non-hydrogen) atoms. The number of piperidine rings is 1. The lowest BCUT2D eigenvalue weighted by atomic mass is 9.92. The summed E-state index contributed by atoms with van der Waals surface area (Å²) in [6.45, 7) is 6.35. The lowest BCUT2D eigenvalue weighted by Crippen LogP contribution is -2.43. The highest BCUT2D eigenvalue weighted by Crippen LogP contribution is 2.22. The number of likely N-dealkylation sites (tertiary alicyclic amines) is 1. The first kappa shape index (κ1) is 11.6. The largest absolute Gasteiger partial charge is 0.342 e. The van der Waals surface area contributed by atoms with Gasteiger partial charge in [-0.2, -0.15) is 0 Å². The van der Waals surface area contributed by atoms with Crippen LogP contribution in [0, 0.1) is 11.8 Å². The van der Waals surface area contributed by atoms with Crippen LogP contribution in [0.4, 0.5) is 0 Å². The van der Waals surface area contributed by atoms with E-state index in [0.29, 0.717) is 24.2 Å². The lowest BCUT2D eigenvalue weighted by molar-refractivity contribution is -0.133. The van der Waals surface area contributed by atoms with Gasteiger partial charge in [0, 0.05) is 18.0 Å².